The summed E-state index contributed by atoms with van der Waals surface area (Å²) in [6, 6.07) is 14.5. The molecule has 14 nitrogen and oxygen atoms in total. The Morgan fingerprint density at radius 2 is 1.64 bits per heavy atom. The van der Waals surface area contributed by atoms with Crippen molar-refractivity contribution in [1.82, 2.24) is 10.2 Å². The zero-order chi connectivity index (χ0) is 40.5. The second-order valence-electron chi connectivity index (χ2n) is 15.2. The number of ether oxygens (including phenoxy) is 7. The molecular weight excluding hydrogens is 710 g/mol. The van der Waals surface area contributed by atoms with Crippen LogP contribution in [0.3, 0.4) is 0 Å². The number of primary amides is 1. The van der Waals surface area contributed by atoms with Crippen LogP contribution in [-0.2, 0) is 46.3 Å². The summed E-state index contributed by atoms with van der Waals surface area (Å²) >= 11 is 0. The van der Waals surface area contributed by atoms with E-state index in [0.717, 1.165) is 17.5 Å². The molecule has 0 radical (unpaired) electrons. The first-order valence-corrected chi connectivity index (χ1v) is 18.9. The Labute approximate surface area is 325 Å². The lowest BCUT2D eigenvalue weighted by Gasteiger charge is -2.33. The Morgan fingerprint density at radius 3 is 2.27 bits per heavy atom. The SMILES string of the molecule is COCCCOc1cc(C[C@@H](C[C@H]2[C@H](C[C@H](C(=O)NCC(C)(C)C(N)=O)C(C)C)OCN2C(=O)OCOC(=O)OCc2ccccc2)C(C)C)ccc1OC. The van der Waals surface area contributed by atoms with E-state index < -0.39 is 48.4 Å². The molecule has 1 aliphatic heterocycles. The maximum atomic E-state index is 13.6. The van der Waals surface area contributed by atoms with Crippen molar-refractivity contribution in [3.8, 4) is 11.5 Å². The fraction of sp³-hybridized carbons (Fsp3) is 0.610. The first-order chi connectivity index (χ1) is 26.2. The van der Waals surface area contributed by atoms with Crippen molar-refractivity contribution in [3.05, 3.63) is 59.7 Å². The van der Waals surface area contributed by atoms with E-state index in [9.17, 15) is 19.2 Å². The van der Waals surface area contributed by atoms with Crippen LogP contribution >= 0.6 is 0 Å². The van der Waals surface area contributed by atoms with E-state index in [1.54, 1.807) is 28.1 Å². The number of amides is 3. The molecule has 0 saturated carbocycles. The highest BCUT2D eigenvalue weighted by molar-refractivity contribution is 5.83. The maximum absolute atomic E-state index is 13.6. The number of hydrogen-bond donors (Lipinski definition) is 2. The van der Waals surface area contributed by atoms with Gasteiger partial charge in [0.1, 0.15) is 13.3 Å². The lowest BCUT2D eigenvalue weighted by molar-refractivity contribution is -0.130. The quantitative estimate of drug-likeness (QED) is 0.0807. The highest BCUT2D eigenvalue weighted by Gasteiger charge is 2.43. The molecule has 3 rings (SSSR count). The normalized spacial score (nSPS) is 16.7. The van der Waals surface area contributed by atoms with E-state index in [2.05, 4.69) is 19.2 Å². The Balaban J connectivity index is 1.80. The highest BCUT2D eigenvalue weighted by atomic mass is 16.8. The fourth-order valence-corrected chi connectivity index (χ4v) is 6.25. The van der Waals surface area contributed by atoms with Gasteiger partial charge in [-0.2, -0.15) is 0 Å². The zero-order valence-corrected chi connectivity index (χ0v) is 33.7. The van der Waals surface area contributed by atoms with Crippen LogP contribution in [-0.4, -0.2) is 88.6 Å². The first kappa shape index (κ1) is 44.8. The van der Waals surface area contributed by atoms with Gasteiger partial charge in [0.25, 0.3) is 0 Å². The zero-order valence-electron chi connectivity index (χ0n) is 33.7. The number of nitrogens with one attached hydrogen (secondary N) is 1. The van der Waals surface area contributed by atoms with Gasteiger partial charge in [-0.15, -0.1) is 0 Å². The van der Waals surface area contributed by atoms with Gasteiger partial charge in [-0.3, -0.25) is 14.5 Å². The Kier molecular flexibility index (Phi) is 18.0. The molecule has 4 atom stereocenters. The lowest BCUT2D eigenvalue weighted by atomic mass is 9.80. The average molecular weight is 772 g/mol. The molecule has 1 aliphatic rings. The molecule has 1 heterocycles. The Hall–Kier alpha value is -4.56. The molecule has 0 aromatic heterocycles. The summed E-state index contributed by atoms with van der Waals surface area (Å²) in [5.41, 5.74) is 6.43. The minimum atomic E-state index is -0.976. The molecule has 3 N–H and O–H groups in total. The lowest BCUT2D eigenvalue weighted by Crippen LogP contribution is -2.47. The largest absolute Gasteiger partial charge is 0.511 e. The van der Waals surface area contributed by atoms with Crippen LogP contribution in [0.2, 0.25) is 0 Å². The highest BCUT2D eigenvalue weighted by Crippen LogP contribution is 2.36. The summed E-state index contributed by atoms with van der Waals surface area (Å²) in [6.45, 7) is 11.9. The molecule has 0 aliphatic carbocycles. The summed E-state index contributed by atoms with van der Waals surface area (Å²) in [5, 5.41) is 2.91. The van der Waals surface area contributed by atoms with Crippen LogP contribution < -0.4 is 20.5 Å². The van der Waals surface area contributed by atoms with Crippen molar-refractivity contribution in [2.24, 2.45) is 34.8 Å². The van der Waals surface area contributed by atoms with E-state index in [-0.39, 0.29) is 43.5 Å². The van der Waals surface area contributed by atoms with Crippen molar-refractivity contribution in [3.63, 3.8) is 0 Å². The van der Waals surface area contributed by atoms with Crippen LogP contribution in [0, 0.1) is 29.1 Å². The number of rotatable bonds is 22. The minimum Gasteiger partial charge on any atom is -0.493 e. The van der Waals surface area contributed by atoms with E-state index in [4.69, 9.17) is 38.9 Å². The van der Waals surface area contributed by atoms with Gasteiger partial charge in [-0.25, -0.2) is 9.59 Å². The predicted octanol–water partition coefficient (Wildman–Crippen LogP) is 6.08. The molecule has 1 saturated heterocycles. The van der Waals surface area contributed by atoms with Crippen LogP contribution in [0.4, 0.5) is 9.59 Å². The number of benzene rings is 2. The van der Waals surface area contributed by atoms with E-state index in [1.807, 2.05) is 62.4 Å². The van der Waals surface area contributed by atoms with Gasteiger partial charge in [0, 0.05) is 32.6 Å². The van der Waals surface area contributed by atoms with Crippen LogP contribution in [0.15, 0.2) is 48.5 Å². The number of nitrogens with zero attached hydrogens (tertiary/aromatic N) is 1. The fourth-order valence-electron chi connectivity index (χ4n) is 6.25. The number of nitrogens with two attached hydrogens (primary N) is 1. The van der Waals surface area contributed by atoms with Crippen molar-refractivity contribution in [2.45, 2.75) is 86.0 Å². The molecule has 0 bridgehead atoms. The van der Waals surface area contributed by atoms with E-state index in [0.29, 0.717) is 44.0 Å². The second-order valence-corrected chi connectivity index (χ2v) is 15.2. The summed E-state index contributed by atoms with van der Waals surface area (Å²) in [7, 11) is 3.25. The van der Waals surface area contributed by atoms with Gasteiger partial charge >= 0.3 is 12.2 Å². The topological polar surface area (TPSA) is 174 Å². The minimum absolute atomic E-state index is 0.00812. The Bertz CT molecular complexity index is 1520. The smallest absolute Gasteiger partial charge is 0.493 e. The molecule has 2 aromatic rings. The van der Waals surface area contributed by atoms with E-state index in [1.165, 1.54) is 4.90 Å². The maximum Gasteiger partial charge on any atom is 0.511 e. The molecule has 55 heavy (non-hydrogen) atoms. The molecule has 0 unspecified atom stereocenters. The molecular formula is C41H61N3O11. The van der Waals surface area contributed by atoms with Gasteiger partial charge in [0.15, 0.2) is 11.5 Å². The van der Waals surface area contributed by atoms with Crippen molar-refractivity contribution in [2.75, 3.05) is 47.5 Å². The van der Waals surface area contributed by atoms with Crippen molar-refractivity contribution < 1.29 is 52.3 Å². The van der Waals surface area contributed by atoms with Crippen LogP contribution in [0.1, 0.15) is 71.9 Å². The summed E-state index contributed by atoms with van der Waals surface area (Å²) in [4.78, 5) is 52.8. The third kappa shape index (κ3) is 14.2. The first-order valence-electron chi connectivity index (χ1n) is 18.9. The van der Waals surface area contributed by atoms with Gasteiger partial charge in [-0.1, -0.05) is 64.1 Å². The van der Waals surface area contributed by atoms with Gasteiger partial charge in [0.2, 0.25) is 18.6 Å². The molecule has 3 amide bonds. The number of methoxy groups -OCH3 is 2. The molecule has 2 aromatic carbocycles. The predicted molar refractivity (Wildman–Crippen MR) is 205 cm³/mol. The number of carbonyl (C=O) groups excluding carboxylic acids is 4. The number of hydrogen-bond acceptors (Lipinski definition) is 11. The van der Waals surface area contributed by atoms with Crippen molar-refractivity contribution >= 4 is 24.1 Å². The standard InChI is InChI=1S/C41H61N3O11/c1-27(2)31(19-30-15-16-34(50-8)36(20-30)51-18-12-17-49-7)21-33-35(22-32(28(3)4)37(45)43-24-41(5,6)38(42)46)53-25-44(33)39(47)54-26-55-40(48)52-23-29-13-10-9-11-14-29/h9-11,13-16,20,27-28,31-33,35H,12,17-19,21-26H2,1-8H3,(H2,42,46)(H,43,45)/t31-,32-,33-,35-/m0/s1. The van der Waals surface area contributed by atoms with Crippen molar-refractivity contribution in [1.29, 1.82) is 0 Å². The van der Waals surface area contributed by atoms with Gasteiger partial charge < -0.3 is 44.2 Å². The molecule has 0 spiro atoms. The molecule has 1 fully saturated rings. The van der Waals surface area contributed by atoms with Crippen LogP contribution in [0.25, 0.3) is 0 Å². The Morgan fingerprint density at radius 1 is 0.909 bits per heavy atom. The summed E-state index contributed by atoms with van der Waals surface area (Å²) in [6.07, 6.45) is -0.00567. The third-order valence-electron chi connectivity index (χ3n) is 10.0. The van der Waals surface area contributed by atoms with E-state index >= 15 is 0 Å². The van der Waals surface area contributed by atoms with Gasteiger partial charge in [0.05, 0.1) is 31.3 Å². The third-order valence-corrected chi connectivity index (χ3v) is 10.0. The number of carbonyl (C=O) groups is 4. The monoisotopic (exact) mass is 771 g/mol. The molecule has 14 heteroatoms. The van der Waals surface area contributed by atoms with Crippen LogP contribution in [0.5, 0.6) is 11.5 Å². The van der Waals surface area contributed by atoms with Gasteiger partial charge in [-0.05, 0) is 74.1 Å². The summed E-state index contributed by atoms with van der Waals surface area (Å²) in [5.74, 6) is 0.194. The molecule has 306 valence electrons. The second kappa shape index (κ2) is 22.1. The average Bonchev–Trinajstić information content (AvgIpc) is 3.55. The summed E-state index contributed by atoms with van der Waals surface area (Å²) < 4.78 is 38.6.